The zero-order valence-corrected chi connectivity index (χ0v) is 10.4. The Balaban J connectivity index is 2.98. The molecular formula is C13H22N2O. The molecule has 16 heavy (non-hydrogen) atoms. The van der Waals surface area contributed by atoms with Crippen molar-refractivity contribution in [2.24, 2.45) is 5.73 Å². The fraction of sp³-hybridized carbons (Fsp3) is 0.538. The van der Waals surface area contributed by atoms with Gasteiger partial charge in [0.25, 0.3) is 0 Å². The second kappa shape index (κ2) is 5.99. The van der Waals surface area contributed by atoms with Crippen molar-refractivity contribution >= 4 is 0 Å². The fourth-order valence-corrected chi connectivity index (χ4v) is 2.14. The van der Waals surface area contributed by atoms with Gasteiger partial charge in [0.1, 0.15) is 0 Å². The summed E-state index contributed by atoms with van der Waals surface area (Å²) in [6.07, 6.45) is 0. The average molecular weight is 222 g/mol. The third-order valence-corrected chi connectivity index (χ3v) is 2.93. The molecule has 0 aliphatic carbocycles. The molecule has 2 atom stereocenters. The van der Waals surface area contributed by atoms with E-state index in [1.807, 2.05) is 26.1 Å². The van der Waals surface area contributed by atoms with E-state index < -0.39 is 0 Å². The van der Waals surface area contributed by atoms with Gasteiger partial charge in [-0.2, -0.15) is 0 Å². The number of aryl methyl sites for hydroxylation is 1. The first-order valence-corrected chi connectivity index (χ1v) is 5.70. The number of hydrogen-bond donors (Lipinski definition) is 2. The number of benzene rings is 1. The highest BCUT2D eigenvalue weighted by molar-refractivity contribution is 5.29. The minimum Gasteiger partial charge on any atom is -0.395 e. The van der Waals surface area contributed by atoms with Crippen LogP contribution in [0.1, 0.15) is 24.1 Å². The quantitative estimate of drug-likeness (QED) is 0.789. The lowest BCUT2D eigenvalue weighted by molar-refractivity contribution is 0.166. The smallest absolute Gasteiger partial charge is 0.0558 e. The molecule has 0 bridgehead atoms. The summed E-state index contributed by atoms with van der Waals surface area (Å²) in [5.41, 5.74) is 8.53. The maximum Gasteiger partial charge on any atom is 0.0558 e. The molecule has 0 spiro atoms. The Kier molecular flexibility index (Phi) is 4.93. The number of rotatable bonds is 5. The molecule has 3 nitrogen and oxygen atoms in total. The van der Waals surface area contributed by atoms with E-state index in [9.17, 15) is 0 Å². The first-order valence-electron chi connectivity index (χ1n) is 5.70. The van der Waals surface area contributed by atoms with Gasteiger partial charge in [-0.25, -0.2) is 0 Å². The van der Waals surface area contributed by atoms with Crippen molar-refractivity contribution in [3.8, 4) is 0 Å². The largest absolute Gasteiger partial charge is 0.395 e. The molecular weight excluding hydrogens is 200 g/mol. The molecule has 1 rings (SSSR count). The van der Waals surface area contributed by atoms with Crippen LogP contribution in [0.15, 0.2) is 24.3 Å². The van der Waals surface area contributed by atoms with Crippen molar-refractivity contribution in [2.75, 3.05) is 20.2 Å². The predicted molar refractivity (Wildman–Crippen MR) is 67.3 cm³/mol. The molecule has 0 amide bonds. The van der Waals surface area contributed by atoms with E-state index in [1.54, 1.807) is 0 Å². The first-order chi connectivity index (χ1) is 7.57. The Labute approximate surface area is 97.9 Å². The molecule has 1 aromatic carbocycles. The molecule has 0 saturated carbocycles. The van der Waals surface area contributed by atoms with Crippen molar-refractivity contribution in [2.45, 2.75) is 25.9 Å². The minimum atomic E-state index is 0.0395. The van der Waals surface area contributed by atoms with Crippen LogP contribution in [0.25, 0.3) is 0 Å². The van der Waals surface area contributed by atoms with Gasteiger partial charge in [0.05, 0.1) is 6.61 Å². The van der Waals surface area contributed by atoms with E-state index in [4.69, 9.17) is 10.8 Å². The van der Waals surface area contributed by atoms with Crippen LogP contribution in [-0.4, -0.2) is 36.2 Å². The minimum absolute atomic E-state index is 0.0395. The van der Waals surface area contributed by atoms with Crippen molar-refractivity contribution in [1.29, 1.82) is 0 Å². The van der Waals surface area contributed by atoms with Crippen LogP contribution < -0.4 is 5.73 Å². The second-order valence-electron chi connectivity index (χ2n) is 4.36. The van der Waals surface area contributed by atoms with Gasteiger partial charge in [-0.3, -0.25) is 4.90 Å². The van der Waals surface area contributed by atoms with Crippen LogP contribution in [-0.2, 0) is 0 Å². The van der Waals surface area contributed by atoms with E-state index in [2.05, 4.69) is 24.0 Å². The van der Waals surface area contributed by atoms with Gasteiger partial charge >= 0.3 is 0 Å². The maximum absolute atomic E-state index is 9.00. The van der Waals surface area contributed by atoms with Crippen molar-refractivity contribution in [3.05, 3.63) is 35.4 Å². The van der Waals surface area contributed by atoms with Crippen molar-refractivity contribution < 1.29 is 5.11 Å². The lowest BCUT2D eigenvalue weighted by Crippen LogP contribution is -2.39. The van der Waals surface area contributed by atoms with E-state index in [0.717, 1.165) is 0 Å². The molecule has 0 aliphatic heterocycles. The zero-order chi connectivity index (χ0) is 12.1. The average Bonchev–Trinajstić information content (AvgIpc) is 2.21. The number of nitrogens with zero attached hydrogens (tertiary/aromatic N) is 1. The Morgan fingerprint density at radius 1 is 1.38 bits per heavy atom. The molecule has 90 valence electrons. The Morgan fingerprint density at radius 2 is 2.00 bits per heavy atom. The number of likely N-dealkylation sites (N-methyl/N-ethyl adjacent to an activating group) is 1. The van der Waals surface area contributed by atoms with Gasteiger partial charge in [0.15, 0.2) is 0 Å². The third-order valence-electron chi connectivity index (χ3n) is 2.93. The molecule has 2 unspecified atom stereocenters. The second-order valence-corrected chi connectivity index (χ2v) is 4.36. The summed E-state index contributed by atoms with van der Waals surface area (Å²) in [5, 5.41) is 9.00. The third kappa shape index (κ3) is 3.04. The molecule has 0 saturated heterocycles. The van der Waals surface area contributed by atoms with E-state index in [0.29, 0.717) is 6.54 Å². The molecule has 3 N–H and O–H groups in total. The summed E-state index contributed by atoms with van der Waals surface area (Å²) in [5.74, 6) is 0. The van der Waals surface area contributed by atoms with Crippen LogP contribution in [0.5, 0.6) is 0 Å². The maximum atomic E-state index is 9.00. The van der Waals surface area contributed by atoms with Crippen LogP contribution >= 0.6 is 0 Å². The van der Waals surface area contributed by atoms with Crippen LogP contribution in [0.2, 0.25) is 0 Å². The van der Waals surface area contributed by atoms with Crippen LogP contribution in [0, 0.1) is 6.92 Å². The normalized spacial score (nSPS) is 15.1. The van der Waals surface area contributed by atoms with E-state index in [1.165, 1.54) is 11.1 Å². The number of aliphatic hydroxyl groups excluding tert-OH is 1. The van der Waals surface area contributed by atoms with Crippen molar-refractivity contribution in [1.82, 2.24) is 4.90 Å². The summed E-state index contributed by atoms with van der Waals surface area (Å²) in [6.45, 7) is 4.90. The number of nitrogens with two attached hydrogens (primary N) is 1. The summed E-state index contributed by atoms with van der Waals surface area (Å²) in [7, 11) is 2.00. The van der Waals surface area contributed by atoms with Gasteiger partial charge in [0.2, 0.25) is 0 Å². The molecule has 0 fully saturated rings. The Hall–Kier alpha value is -0.900. The lowest BCUT2D eigenvalue weighted by atomic mass is 9.95. The molecule has 0 aliphatic rings. The summed E-state index contributed by atoms with van der Waals surface area (Å²) in [6, 6.07) is 8.47. The van der Waals surface area contributed by atoms with Crippen molar-refractivity contribution in [3.63, 3.8) is 0 Å². The van der Waals surface area contributed by atoms with Crippen LogP contribution in [0.3, 0.4) is 0 Å². The van der Waals surface area contributed by atoms with Gasteiger partial charge in [0, 0.05) is 18.6 Å². The van der Waals surface area contributed by atoms with E-state index in [-0.39, 0.29) is 18.7 Å². The molecule has 1 aromatic rings. The Bertz CT molecular complexity index is 325. The summed E-state index contributed by atoms with van der Waals surface area (Å²) < 4.78 is 0. The monoisotopic (exact) mass is 222 g/mol. The van der Waals surface area contributed by atoms with Gasteiger partial charge in [-0.05, 0) is 32.0 Å². The zero-order valence-electron chi connectivity index (χ0n) is 10.4. The topological polar surface area (TPSA) is 49.5 Å². The fourth-order valence-electron chi connectivity index (χ4n) is 2.14. The lowest BCUT2D eigenvalue weighted by Gasteiger charge is -2.32. The summed E-state index contributed by atoms with van der Waals surface area (Å²) >= 11 is 0. The van der Waals surface area contributed by atoms with Gasteiger partial charge in [-0.1, -0.05) is 24.3 Å². The molecule has 0 heterocycles. The Morgan fingerprint density at radius 3 is 2.50 bits per heavy atom. The van der Waals surface area contributed by atoms with E-state index >= 15 is 0 Å². The standard InChI is InChI=1S/C13H22N2O/c1-10-6-4-5-7-12(10)13(11(2)14)15(3)8-9-16/h4-7,11,13,16H,8-9,14H2,1-3H3. The molecule has 0 radical (unpaired) electrons. The van der Waals surface area contributed by atoms with Gasteiger partial charge < -0.3 is 10.8 Å². The first kappa shape index (κ1) is 13.2. The highest BCUT2D eigenvalue weighted by Crippen LogP contribution is 2.24. The predicted octanol–water partition coefficient (Wildman–Crippen LogP) is 1.31. The molecule has 0 aromatic heterocycles. The highest BCUT2D eigenvalue weighted by Gasteiger charge is 2.21. The molecule has 3 heteroatoms. The SMILES string of the molecule is Cc1ccccc1C(C(C)N)N(C)CCO. The van der Waals surface area contributed by atoms with Crippen LogP contribution in [0.4, 0.5) is 0 Å². The van der Waals surface area contributed by atoms with Gasteiger partial charge in [-0.15, -0.1) is 0 Å². The summed E-state index contributed by atoms with van der Waals surface area (Å²) in [4.78, 5) is 2.10. The number of hydrogen-bond acceptors (Lipinski definition) is 3. The highest BCUT2D eigenvalue weighted by atomic mass is 16.3. The number of aliphatic hydroxyl groups is 1.